The quantitative estimate of drug-likeness (QED) is 0.418. The molecule has 0 spiro atoms. The molecule has 0 saturated carbocycles. The van der Waals surface area contributed by atoms with Crippen molar-refractivity contribution in [2.75, 3.05) is 6.54 Å². The Morgan fingerprint density at radius 2 is 1.66 bits per heavy atom. The third-order valence-corrected chi connectivity index (χ3v) is 5.26. The highest BCUT2D eigenvalue weighted by Gasteiger charge is 2.36. The highest BCUT2D eigenvalue weighted by atomic mass is 16.6. The number of nitrogens with zero attached hydrogens (tertiary/aromatic N) is 7. The van der Waals surface area contributed by atoms with Gasteiger partial charge in [0.05, 0.1) is 15.9 Å². The predicted octanol–water partition coefficient (Wildman–Crippen LogP) is 3.07. The van der Waals surface area contributed by atoms with E-state index in [2.05, 4.69) is 10.2 Å². The van der Waals surface area contributed by atoms with Crippen LogP contribution in [0.4, 0.5) is 16.2 Å². The van der Waals surface area contributed by atoms with Gasteiger partial charge in [0.1, 0.15) is 37.6 Å². The first-order valence-corrected chi connectivity index (χ1v) is 9.77. The normalized spacial score (nSPS) is 18.3. The van der Waals surface area contributed by atoms with Crippen molar-refractivity contribution in [1.29, 1.82) is 0 Å². The molecule has 0 radical (unpaired) electrons. The van der Waals surface area contributed by atoms with Gasteiger partial charge < -0.3 is 4.74 Å². The van der Waals surface area contributed by atoms with Gasteiger partial charge in [-0.25, -0.2) is 9.48 Å². The van der Waals surface area contributed by atoms with Gasteiger partial charge >= 0.3 is 17.5 Å². The van der Waals surface area contributed by atoms with Gasteiger partial charge in [-0.1, -0.05) is 30.3 Å². The van der Waals surface area contributed by atoms with Gasteiger partial charge in [-0.3, -0.25) is 29.8 Å². The molecule has 3 heterocycles. The number of aromatic nitrogens is 4. The standard InChI is InChI=1S/C19H19N7O6/c27-19(32-13-14-4-2-1-3-5-14)22-7-6-15(23-11-16(9-20-23)25(28)29)8-18(22)24-12-17(10-21-24)26(30)31/h1-5,9-12,15,18H,6-8,13H2. The molecule has 1 amide bonds. The Morgan fingerprint density at radius 1 is 1.03 bits per heavy atom. The van der Waals surface area contributed by atoms with E-state index in [4.69, 9.17) is 4.74 Å². The molecule has 1 aliphatic rings. The average Bonchev–Trinajstić information content (AvgIpc) is 3.48. The van der Waals surface area contributed by atoms with Gasteiger partial charge in [-0.05, 0) is 12.0 Å². The number of hydrogen-bond acceptors (Lipinski definition) is 8. The van der Waals surface area contributed by atoms with Crippen LogP contribution in [-0.4, -0.2) is 46.9 Å². The van der Waals surface area contributed by atoms with Gasteiger partial charge in [0.15, 0.2) is 0 Å². The Balaban J connectivity index is 1.55. The van der Waals surface area contributed by atoms with E-state index in [9.17, 15) is 25.0 Å². The van der Waals surface area contributed by atoms with E-state index in [0.717, 1.165) is 18.0 Å². The number of rotatable bonds is 6. The molecule has 2 unspecified atom stereocenters. The van der Waals surface area contributed by atoms with Gasteiger partial charge in [-0.2, -0.15) is 10.2 Å². The van der Waals surface area contributed by atoms with Crippen molar-refractivity contribution in [2.24, 2.45) is 0 Å². The van der Waals surface area contributed by atoms with Crippen LogP contribution in [0.1, 0.15) is 30.6 Å². The Hall–Kier alpha value is -4.29. The molecular weight excluding hydrogens is 422 g/mol. The molecule has 1 aliphatic heterocycles. The number of benzene rings is 1. The maximum Gasteiger partial charge on any atom is 0.411 e. The third-order valence-electron chi connectivity index (χ3n) is 5.26. The minimum absolute atomic E-state index is 0.0803. The molecule has 32 heavy (non-hydrogen) atoms. The summed E-state index contributed by atoms with van der Waals surface area (Å²) in [5.74, 6) is 0. The topological polar surface area (TPSA) is 151 Å². The van der Waals surface area contributed by atoms with E-state index in [1.165, 1.54) is 26.7 Å². The second-order valence-corrected chi connectivity index (χ2v) is 7.26. The average molecular weight is 441 g/mol. The second-order valence-electron chi connectivity index (χ2n) is 7.26. The lowest BCUT2D eigenvalue weighted by atomic mass is 10.0. The first-order chi connectivity index (χ1) is 15.4. The zero-order chi connectivity index (χ0) is 22.7. The highest BCUT2D eigenvalue weighted by Crippen LogP contribution is 2.34. The molecule has 0 bridgehead atoms. The number of piperidine rings is 1. The number of ether oxygens (including phenoxy) is 1. The highest BCUT2D eigenvalue weighted by molar-refractivity contribution is 5.68. The largest absolute Gasteiger partial charge is 0.444 e. The summed E-state index contributed by atoms with van der Waals surface area (Å²) in [7, 11) is 0. The van der Waals surface area contributed by atoms with E-state index in [1.807, 2.05) is 30.3 Å². The van der Waals surface area contributed by atoms with E-state index < -0.39 is 22.1 Å². The Morgan fingerprint density at radius 3 is 2.28 bits per heavy atom. The van der Waals surface area contributed by atoms with Gasteiger partial charge in [-0.15, -0.1) is 0 Å². The van der Waals surface area contributed by atoms with Crippen LogP contribution in [-0.2, 0) is 11.3 Å². The summed E-state index contributed by atoms with van der Waals surface area (Å²) < 4.78 is 8.27. The number of amides is 1. The molecule has 1 fully saturated rings. The molecule has 1 saturated heterocycles. The minimum Gasteiger partial charge on any atom is -0.444 e. The van der Waals surface area contributed by atoms with Crippen LogP contribution in [0.2, 0.25) is 0 Å². The molecule has 2 atom stereocenters. The van der Waals surface area contributed by atoms with Crippen molar-refractivity contribution >= 4 is 17.5 Å². The predicted molar refractivity (Wildman–Crippen MR) is 108 cm³/mol. The molecule has 0 aliphatic carbocycles. The van der Waals surface area contributed by atoms with E-state index in [-0.39, 0.29) is 37.0 Å². The fourth-order valence-electron chi connectivity index (χ4n) is 3.64. The van der Waals surface area contributed by atoms with Crippen LogP contribution in [0.5, 0.6) is 0 Å². The summed E-state index contributed by atoms with van der Waals surface area (Å²) in [6.07, 6.45) is 4.34. The lowest BCUT2D eigenvalue weighted by molar-refractivity contribution is -0.385. The van der Waals surface area contributed by atoms with Crippen molar-refractivity contribution in [3.05, 3.63) is 80.9 Å². The van der Waals surface area contributed by atoms with E-state index in [0.29, 0.717) is 6.42 Å². The number of nitro groups is 2. The molecule has 13 heteroatoms. The summed E-state index contributed by atoms with van der Waals surface area (Å²) in [6, 6.07) is 8.93. The second kappa shape index (κ2) is 8.83. The summed E-state index contributed by atoms with van der Waals surface area (Å²) in [5, 5.41) is 30.2. The first kappa shape index (κ1) is 21.0. The number of carbonyl (C=O) groups excluding carboxylic acids is 1. The maximum atomic E-state index is 12.8. The van der Waals surface area contributed by atoms with Crippen LogP contribution >= 0.6 is 0 Å². The summed E-state index contributed by atoms with van der Waals surface area (Å²) >= 11 is 0. The number of carbonyl (C=O) groups is 1. The van der Waals surface area contributed by atoms with Crippen LogP contribution in [0.3, 0.4) is 0 Å². The van der Waals surface area contributed by atoms with Crippen molar-refractivity contribution in [2.45, 2.75) is 31.7 Å². The molecule has 3 aromatic rings. The molecular formula is C19H19N7O6. The van der Waals surface area contributed by atoms with Crippen molar-refractivity contribution in [3.63, 3.8) is 0 Å². The molecule has 1 aromatic carbocycles. The lowest BCUT2D eigenvalue weighted by Gasteiger charge is -2.38. The first-order valence-electron chi connectivity index (χ1n) is 9.77. The van der Waals surface area contributed by atoms with Gasteiger partial charge in [0, 0.05) is 13.0 Å². The molecule has 0 N–H and O–H groups in total. The van der Waals surface area contributed by atoms with Crippen LogP contribution in [0, 0.1) is 20.2 Å². The fourth-order valence-corrected chi connectivity index (χ4v) is 3.64. The summed E-state index contributed by atoms with van der Waals surface area (Å²) in [6.45, 7) is 0.335. The maximum absolute atomic E-state index is 12.8. The minimum atomic E-state index is -0.686. The Bertz CT molecular complexity index is 1130. The smallest absolute Gasteiger partial charge is 0.411 e. The Kier molecular flexibility index (Phi) is 5.79. The van der Waals surface area contributed by atoms with Crippen molar-refractivity contribution < 1.29 is 19.4 Å². The molecule has 2 aromatic heterocycles. The SMILES string of the molecule is O=C(OCc1ccccc1)N1CCC(n2cc([N+](=O)[O-])cn2)CC1n1cc([N+](=O)[O-])cn1. The Labute approximate surface area is 181 Å². The summed E-state index contributed by atoms with van der Waals surface area (Å²) in [4.78, 5) is 35.3. The van der Waals surface area contributed by atoms with Crippen molar-refractivity contribution in [1.82, 2.24) is 24.5 Å². The zero-order valence-electron chi connectivity index (χ0n) is 16.8. The van der Waals surface area contributed by atoms with Gasteiger partial charge in [0.2, 0.25) is 0 Å². The molecule has 13 nitrogen and oxygen atoms in total. The van der Waals surface area contributed by atoms with E-state index in [1.54, 1.807) is 0 Å². The van der Waals surface area contributed by atoms with Crippen LogP contribution in [0.15, 0.2) is 55.1 Å². The van der Waals surface area contributed by atoms with Crippen LogP contribution < -0.4 is 0 Å². The monoisotopic (exact) mass is 441 g/mol. The van der Waals surface area contributed by atoms with Gasteiger partial charge in [0.25, 0.3) is 0 Å². The third kappa shape index (κ3) is 4.40. The van der Waals surface area contributed by atoms with E-state index >= 15 is 0 Å². The molecule has 4 rings (SSSR count). The fraction of sp³-hybridized carbons (Fsp3) is 0.316. The molecule has 166 valence electrons. The van der Waals surface area contributed by atoms with Crippen LogP contribution in [0.25, 0.3) is 0 Å². The lowest BCUT2D eigenvalue weighted by Crippen LogP contribution is -2.44. The summed E-state index contributed by atoms with van der Waals surface area (Å²) in [5.41, 5.74) is 0.478. The number of likely N-dealkylation sites (tertiary alicyclic amines) is 1. The zero-order valence-corrected chi connectivity index (χ0v) is 16.8. The number of hydrogen-bond donors (Lipinski definition) is 0. The van der Waals surface area contributed by atoms with Crippen molar-refractivity contribution in [3.8, 4) is 0 Å².